The molecule has 0 saturated carbocycles. The number of methoxy groups -OCH3 is 1. The predicted octanol–water partition coefficient (Wildman–Crippen LogP) is 2.99. The van der Waals surface area contributed by atoms with Gasteiger partial charge in [0.2, 0.25) is 0 Å². The van der Waals surface area contributed by atoms with Crippen LogP contribution in [0.1, 0.15) is 22.0 Å². The number of hydrogen-bond donors (Lipinski definition) is 0. The third-order valence-electron chi connectivity index (χ3n) is 3.12. The van der Waals surface area contributed by atoms with Crippen LogP contribution in [-0.2, 0) is 4.74 Å². The standard InChI is InChI=1S/C16H14O4/c1-18-13-6-4-12(5-7-13)16(17)20-14-8-2-11(3-9-14)15-10-19-15/h2-9,15H,10H2,1H3. The van der Waals surface area contributed by atoms with Crippen LogP contribution in [0.2, 0.25) is 0 Å². The maximum Gasteiger partial charge on any atom is 0.343 e. The SMILES string of the molecule is COc1ccc(C(=O)Oc2ccc(C3CO3)cc2)cc1. The molecule has 2 aromatic carbocycles. The third-order valence-corrected chi connectivity index (χ3v) is 3.12. The summed E-state index contributed by atoms with van der Waals surface area (Å²) in [5.74, 6) is 0.841. The highest BCUT2D eigenvalue weighted by atomic mass is 16.6. The lowest BCUT2D eigenvalue weighted by molar-refractivity contribution is 0.0734. The molecule has 3 rings (SSSR count). The second-order valence-electron chi connectivity index (χ2n) is 4.51. The summed E-state index contributed by atoms with van der Waals surface area (Å²) in [5.41, 5.74) is 1.59. The lowest BCUT2D eigenvalue weighted by Crippen LogP contribution is -2.08. The van der Waals surface area contributed by atoms with E-state index in [1.54, 1.807) is 43.5 Å². The zero-order chi connectivity index (χ0) is 13.9. The molecule has 1 saturated heterocycles. The third kappa shape index (κ3) is 2.81. The number of rotatable bonds is 4. The van der Waals surface area contributed by atoms with Gasteiger partial charge in [0.05, 0.1) is 19.3 Å². The lowest BCUT2D eigenvalue weighted by Gasteiger charge is -2.05. The molecule has 0 amide bonds. The minimum Gasteiger partial charge on any atom is -0.497 e. The summed E-state index contributed by atoms with van der Waals surface area (Å²) < 4.78 is 15.5. The quantitative estimate of drug-likeness (QED) is 0.487. The molecular formula is C16H14O4. The summed E-state index contributed by atoms with van der Waals surface area (Å²) in [4.78, 5) is 12.0. The molecule has 1 aliphatic heterocycles. The summed E-state index contributed by atoms with van der Waals surface area (Å²) >= 11 is 0. The molecule has 1 aliphatic rings. The van der Waals surface area contributed by atoms with Crippen molar-refractivity contribution in [2.24, 2.45) is 0 Å². The Kier molecular flexibility index (Phi) is 3.39. The van der Waals surface area contributed by atoms with Crippen LogP contribution in [0.5, 0.6) is 11.5 Å². The summed E-state index contributed by atoms with van der Waals surface area (Å²) in [6, 6.07) is 14.2. The minimum absolute atomic E-state index is 0.210. The van der Waals surface area contributed by atoms with Crippen molar-refractivity contribution in [1.29, 1.82) is 0 Å². The molecule has 0 spiro atoms. The molecule has 0 bridgehead atoms. The van der Waals surface area contributed by atoms with Crippen molar-refractivity contribution in [1.82, 2.24) is 0 Å². The maximum absolute atomic E-state index is 12.0. The summed E-state index contributed by atoms with van der Waals surface area (Å²) in [5, 5.41) is 0. The Labute approximate surface area is 116 Å². The second-order valence-corrected chi connectivity index (χ2v) is 4.51. The van der Waals surface area contributed by atoms with Crippen molar-refractivity contribution in [3.63, 3.8) is 0 Å². The van der Waals surface area contributed by atoms with Gasteiger partial charge in [-0.2, -0.15) is 0 Å². The molecule has 0 N–H and O–H groups in total. The van der Waals surface area contributed by atoms with Gasteiger partial charge in [-0.05, 0) is 42.0 Å². The smallest absolute Gasteiger partial charge is 0.343 e. The highest BCUT2D eigenvalue weighted by Gasteiger charge is 2.24. The molecule has 20 heavy (non-hydrogen) atoms. The van der Waals surface area contributed by atoms with Crippen LogP contribution in [0.4, 0.5) is 0 Å². The van der Waals surface area contributed by atoms with Gasteiger partial charge in [-0.3, -0.25) is 0 Å². The van der Waals surface area contributed by atoms with E-state index in [0.29, 0.717) is 17.1 Å². The van der Waals surface area contributed by atoms with E-state index in [9.17, 15) is 4.79 Å². The van der Waals surface area contributed by atoms with Gasteiger partial charge in [0, 0.05) is 0 Å². The average Bonchev–Trinajstić information content (AvgIpc) is 3.33. The fraction of sp³-hybridized carbons (Fsp3) is 0.188. The van der Waals surface area contributed by atoms with Crippen molar-refractivity contribution in [2.45, 2.75) is 6.10 Å². The molecule has 4 heteroatoms. The minimum atomic E-state index is -0.386. The Balaban J connectivity index is 1.67. The molecule has 1 unspecified atom stereocenters. The second kappa shape index (κ2) is 5.35. The van der Waals surface area contributed by atoms with E-state index in [1.165, 1.54) is 0 Å². The first-order chi connectivity index (χ1) is 9.76. The average molecular weight is 270 g/mol. The molecule has 0 radical (unpaired) electrons. The normalized spacial score (nSPS) is 16.6. The van der Waals surface area contributed by atoms with Crippen LogP contribution in [0, 0.1) is 0 Å². The molecule has 1 atom stereocenters. The van der Waals surface area contributed by atoms with Crippen LogP contribution >= 0.6 is 0 Å². The van der Waals surface area contributed by atoms with Crippen LogP contribution < -0.4 is 9.47 Å². The van der Waals surface area contributed by atoms with Gasteiger partial charge in [0.1, 0.15) is 17.6 Å². The zero-order valence-corrected chi connectivity index (χ0v) is 11.0. The fourth-order valence-corrected chi connectivity index (χ4v) is 1.88. The summed E-state index contributed by atoms with van der Waals surface area (Å²) in [6.07, 6.45) is 0.210. The number of carbonyl (C=O) groups excluding carboxylic acids is 1. The van der Waals surface area contributed by atoms with Gasteiger partial charge in [-0.1, -0.05) is 12.1 Å². The van der Waals surface area contributed by atoms with Crippen molar-refractivity contribution in [3.8, 4) is 11.5 Å². The predicted molar refractivity (Wildman–Crippen MR) is 73.1 cm³/mol. The fourth-order valence-electron chi connectivity index (χ4n) is 1.88. The molecule has 0 aliphatic carbocycles. The van der Waals surface area contributed by atoms with Crippen molar-refractivity contribution < 1.29 is 19.0 Å². The maximum atomic E-state index is 12.0. The van der Waals surface area contributed by atoms with E-state index in [2.05, 4.69) is 0 Å². The molecule has 4 nitrogen and oxygen atoms in total. The van der Waals surface area contributed by atoms with Gasteiger partial charge in [-0.25, -0.2) is 4.79 Å². The van der Waals surface area contributed by atoms with E-state index in [0.717, 1.165) is 12.2 Å². The van der Waals surface area contributed by atoms with Crippen LogP contribution in [0.25, 0.3) is 0 Å². The van der Waals surface area contributed by atoms with Crippen LogP contribution in [0.3, 0.4) is 0 Å². The number of esters is 1. The first-order valence-electron chi connectivity index (χ1n) is 6.34. The Morgan fingerprint density at radius 1 is 1.05 bits per heavy atom. The van der Waals surface area contributed by atoms with Gasteiger partial charge < -0.3 is 14.2 Å². The number of hydrogen-bond acceptors (Lipinski definition) is 4. The highest BCUT2D eigenvalue weighted by Crippen LogP contribution is 2.30. The van der Waals surface area contributed by atoms with Crippen LogP contribution in [0.15, 0.2) is 48.5 Å². The van der Waals surface area contributed by atoms with E-state index in [4.69, 9.17) is 14.2 Å². The topological polar surface area (TPSA) is 48.1 Å². The highest BCUT2D eigenvalue weighted by molar-refractivity contribution is 5.91. The Hall–Kier alpha value is -2.33. The number of epoxide rings is 1. The molecular weight excluding hydrogens is 256 g/mol. The Morgan fingerprint density at radius 2 is 1.65 bits per heavy atom. The van der Waals surface area contributed by atoms with Gasteiger partial charge in [0.15, 0.2) is 0 Å². The van der Waals surface area contributed by atoms with Gasteiger partial charge in [-0.15, -0.1) is 0 Å². The molecule has 0 aromatic heterocycles. The Morgan fingerprint density at radius 3 is 2.20 bits per heavy atom. The first-order valence-corrected chi connectivity index (χ1v) is 6.34. The van der Waals surface area contributed by atoms with E-state index >= 15 is 0 Å². The summed E-state index contributed by atoms with van der Waals surface area (Å²) in [6.45, 7) is 0.769. The molecule has 1 heterocycles. The van der Waals surface area contributed by atoms with Crippen LogP contribution in [-0.4, -0.2) is 19.7 Å². The lowest BCUT2D eigenvalue weighted by atomic mass is 10.1. The number of carbonyl (C=O) groups is 1. The molecule has 1 fully saturated rings. The zero-order valence-electron chi connectivity index (χ0n) is 11.0. The first kappa shape index (κ1) is 12.7. The summed E-state index contributed by atoms with van der Waals surface area (Å²) in [7, 11) is 1.58. The molecule has 2 aromatic rings. The van der Waals surface area contributed by atoms with E-state index < -0.39 is 0 Å². The van der Waals surface area contributed by atoms with Crippen molar-refractivity contribution in [2.75, 3.05) is 13.7 Å². The van der Waals surface area contributed by atoms with Gasteiger partial charge >= 0.3 is 5.97 Å². The van der Waals surface area contributed by atoms with E-state index in [-0.39, 0.29) is 12.1 Å². The van der Waals surface area contributed by atoms with Gasteiger partial charge in [0.25, 0.3) is 0 Å². The monoisotopic (exact) mass is 270 g/mol. The number of ether oxygens (including phenoxy) is 3. The number of benzene rings is 2. The van der Waals surface area contributed by atoms with Crippen molar-refractivity contribution in [3.05, 3.63) is 59.7 Å². The van der Waals surface area contributed by atoms with Crippen molar-refractivity contribution >= 4 is 5.97 Å². The Bertz CT molecular complexity index is 597. The largest absolute Gasteiger partial charge is 0.497 e. The molecule has 102 valence electrons. The van der Waals surface area contributed by atoms with E-state index in [1.807, 2.05) is 12.1 Å².